The Hall–Kier alpha value is -2.19. The Labute approximate surface area is 137 Å². The highest BCUT2D eigenvalue weighted by Gasteiger charge is 2.23. The molecule has 23 heavy (non-hydrogen) atoms. The van der Waals surface area contributed by atoms with Crippen LogP contribution in [0.2, 0.25) is 0 Å². The monoisotopic (exact) mass is 334 g/mol. The van der Waals surface area contributed by atoms with E-state index in [9.17, 15) is 9.59 Å². The number of carbonyl (C=O) groups is 2. The molecule has 0 saturated carbocycles. The van der Waals surface area contributed by atoms with Gasteiger partial charge in [0, 0.05) is 18.8 Å². The molecule has 0 aromatic carbocycles. The lowest BCUT2D eigenvalue weighted by molar-refractivity contribution is -0.120. The second kappa shape index (κ2) is 6.93. The van der Waals surface area contributed by atoms with Crippen molar-refractivity contribution in [2.24, 2.45) is 5.92 Å². The van der Waals surface area contributed by atoms with E-state index in [2.05, 4.69) is 20.9 Å². The molecule has 0 radical (unpaired) electrons. The van der Waals surface area contributed by atoms with Crippen molar-refractivity contribution in [3.05, 3.63) is 23.3 Å². The van der Waals surface area contributed by atoms with Crippen LogP contribution >= 0.6 is 11.3 Å². The first-order valence-electron chi connectivity index (χ1n) is 7.42. The van der Waals surface area contributed by atoms with Gasteiger partial charge in [0.1, 0.15) is 11.5 Å². The average molecular weight is 334 g/mol. The summed E-state index contributed by atoms with van der Waals surface area (Å²) in [5.41, 5.74) is 0.670. The molecule has 122 valence electrons. The zero-order valence-electron chi connectivity index (χ0n) is 12.7. The van der Waals surface area contributed by atoms with Gasteiger partial charge in [0.15, 0.2) is 10.9 Å². The fourth-order valence-electron chi connectivity index (χ4n) is 2.35. The first-order chi connectivity index (χ1) is 11.1. The lowest BCUT2D eigenvalue weighted by atomic mass is 10.1. The first kappa shape index (κ1) is 15.7. The number of hydrogen-bond donors (Lipinski definition) is 3. The van der Waals surface area contributed by atoms with Crippen LogP contribution < -0.4 is 16.0 Å². The van der Waals surface area contributed by atoms with Gasteiger partial charge in [-0.25, -0.2) is 4.98 Å². The van der Waals surface area contributed by atoms with Gasteiger partial charge in [-0.15, -0.1) is 11.3 Å². The van der Waals surface area contributed by atoms with Gasteiger partial charge in [0.2, 0.25) is 11.8 Å². The number of hydrogen-bond acceptors (Lipinski definition) is 6. The molecule has 3 N–H and O–H groups in total. The van der Waals surface area contributed by atoms with Crippen LogP contribution in [0.3, 0.4) is 0 Å². The standard InChI is InChI=1S/C15H18N4O3S/c1-9(20)17-7-11-2-3-13(22-11)12-8-23-15(18-12)19-14(21)10-4-5-16-6-10/h2-3,8,10,16H,4-7H2,1H3,(H,17,20)(H,18,19,21). The minimum atomic E-state index is -0.108. The highest BCUT2D eigenvalue weighted by Crippen LogP contribution is 2.27. The van der Waals surface area contributed by atoms with Crippen molar-refractivity contribution in [3.8, 4) is 11.5 Å². The molecule has 1 saturated heterocycles. The van der Waals surface area contributed by atoms with Crippen LogP contribution in [0.4, 0.5) is 5.13 Å². The molecule has 3 rings (SSSR count). The molecule has 2 aromatic heterocycles. The third-order valence-corrected chi connectivity index (χ3v) is 4.35. The average Bonchev–Trinajstić information content (AvgIpc) is 3.25. The normalized spacial score (nSPS) is 17.2. The fraction of sp³-hybridized carbons (Fsp3) is 0.400. The molecule has 2 amide bonds. The zero-order chi connectivity index (χ0) is 16.2. The Morgan fingerprint density at radius 2 is 2.35 bits per heavy atom. The van der Waals surface area contributed by atoms with Crippen LogP contribution in [-0.4, -0.2) is 29.9 Å². The van der Waals surface area contributed by atoms with Crippen molar-refractivity contribution in [1.29, 1.82) is 0 Å². The molecule has 0 aliphatic carbocycles. The van der Waals surface area contributed by atoms with Gasteiger partial charge in [0.25, 0.3) is 0 Å². The Balaban J connectivity index is 1.62. The Kier molecular flexibility index (Phi) is 4.73. The molecule has 1 aliphatic heterocycles. The van der Waals surface area contributed by atoms with Crippen molar-refractivity contribution < 1.29 is 14.0 Å². The molecule has 1 unspecified atom stereocenters. The minimum absolute atomic E-state index is 0.00157. The van der Waals surface area contributed by atoms with Crippen LogP contribution in [-0.2, 0) is 16.1 Å². The quantitative estimate of drug-likeness (QED) is 0.771. The maximum atomic E-state index is 12.1. The van der Waals surface area contributed by atoms with Crippen molar-refractivity contribution in [2.45, 2.75) is 19.9 Å². The summed E-state index contributed by atoms with van der Waals surface area (Å²) in [6.07, 6.45) is 0.856. The van der Waals surface area contributed by atoms with Crippen LogP contribution in [0, 0.1) is 5.92 Å². The number of thiazole rings is 1. The molecular weight excluding hydrogens is 316 g/mol. The zero-order valence-corrected chi connectivity index (χ0v) is 13.5. The van der Waals surface area contributed by atoms with E-state index in [1.165, 1.54) is 18.3 Å². The van der Waals surface area contributed by atoms with Crippen LogP contribution in [0.15, 0.2) is 21.9 Å². The number of nitrogens with zero attached hydrogens (tertiary/aromatic N) is 1. The Morgan fingerprint density at radius 3 is 3.09 bits per heavy atom. The number of furan rings is 1. The van der Waals surface area contributed by atoms with E-state index in [4.69, 9.17) is 4.42 Å². The Morgan fingerprint density at radius 1 is 1.48 bits per heavy atom. The first-order valence-corrected chi connectivity index (χ1v) is 8.30. The summed E-state index contributed by atoms with van der Waals surface area (Å²) in [4.78, 5) is 27.4. The van der Waals surface area contributed by atoms with Gasteiger partial charge in [-0.1, -0.05) is 0 Å². The molecule has 0 bridgehead atoms. The van der Waals surface area contributed by atoms with E-state index in [0.717, 1.165) is 19.5 Å². The SMILES string of the molecule is CC(=O)NCc1ccc(-c2csc(NC(=O)C3CCNC3)n2)o1. The number of amides is 2. The van der Waals surface area contributed by atoms with E-state index in [0.29, 0.717) is 28.9 Å². The van der Waals surface area contributed by atoms with E-state index in [1.807, 2.05) is 5.38 Å². The fourth-order valence-corrected chi connectivity index (χ4v) is 3.06. The van der Waals surface area contributed by atoms with Gasteiger partial charge >= 0.3 is 0 Å². The van der Waals surface area contributed by atoms with Crippen molar-refractivity contribution in [2.75, 3.05) is 18.4 Å². The number of anilines is 1. The lowest BCUT2D eigenvalue weighted by Crippen LogP contribution is -2.24. The highest BCUT2D eigenvalue weighted by atomic mass is 32.1. The summed E-state index contributed by atoms with van der Waals surface area (Å²) in [7, 11) is 0. The summed E-state index contributed by atoms with van der Waals surface area (Å²) in [5, 5.41) is 11.1. The van der Waals surface area contributed by atoms with Gasteiger partial charge in [-0.05, 0) is 25.1 Å². The lowest BCUT2D eigenvalue weighted by Gasteiger charge is -2.06. The van der Waals surface area contributed by atoms with Crippen LogP contribution in [0.25, 0.3) is 11.5 Å². The molecule has 1 aliphatic rings. The second-order valence-electron chi connectivity index (χ2n) is 5.39. The summed E-state index contributed by atoms with van der Waals surface area (Å²) >= 11 is 1.37. The van der Waals surface area contributed by atoms with E-state index < -0.39 is 0 Å². The van der Waals surface area contributed by atoms with E-state index >= 15 is 0 Å². The second-order valence-corrected chi connectivity index (χ2v) is 6.25. The van der Waals surface area contributed by atoms with Crippen molar-refractivity contribution in [3.63, 3.8) is 0 Å². The molecule has 2 aromatic rings. The van der Waals surface area contributed by atoms with Crippen LogP contribution in [0.1, 0.15) is 19.1 Å². The third kappa shape index (κ3) is 3.96. The predicted molar refractivity (Wildman–Crippen MR) is 86.9 cm³/mol. The molecule has 7 nitrogen and oxygen atoms in total. The van der Waals surface area contributed by atoms with Gasteiger partial charge in [-0.3, -0.25) is 9.59 Å². The predicted octanol–water partition coefficient (Wildman–Crippen LogP) is 1.59. The molecule has 1 atom stereocenters. The van der Waals surface area contributed by atoms with Gasteiger partial charge < -0.3 is 20.4 Å². The number of nitrogens with one attached hydrogen (secondary N) is 3. The topological polar surface area (TPSA) is 96.3 Å². The summed E-state index contributed by atoms with van der Waals surface area (Å²) in [6, 6.07) is 3.60. The molecule has 3 heterocycles. The smallest absolute Gasteiger partial charge is 0.230 e. The summed E-state index contributed by atoms with van der Waals surface area (Å²) in [5.74, 6) is 1.18. The summed E-state index contributed by atoms with van der Waals surface area (Å²) < 4.78 is 5.64. The Bertz CT molecular complexity index is 703. The minimum Gasteiger partial charge on any atom is -0.458 e. The largest absolute Gasteiger partial charge is 0.458 e. The molecule has 8 heteroatoms. The third-order valence-electron chi connectivity index (χ3n) is 3.59. The maximum Gasteiger partial charge on any atom is 0.230 e. The van der Waals surface area contributed by atoms with Crippen LogP contribution in [0.5, 0.6) is 0 Å². The van der Waals surface area contributed by atoms with Gasteiger partial charge in [0.05, 0.1) is 12.5 Å². The highest BCUT2D eigenvalue weighted by molar-refractivity contribution is 7.14. The van der Waals surface area contributed by atoms with E-state index in [-0.39, 0.29) is 17.7 Å². The van der Waals surface area contributed by atoms with E-state index in [1.54, 1.807) is 12.1 Å². The molecular formula is C15H18N4O3S. The molecule has 1 fully saturated rings. The number of rotatable bonds is 5. The molecule has 0 spiro atoms. The van der Waals surface area contributed by atoms with Crippen molar-refractivity contribution in [1.82, 2.24) is 15.6 Å². The number of carbonyl (C=O) groups excluding carboxylic acids is 2. The summed E-state index contributed by atoms with van der Waals surface area (Å²) in [6.45, 7) is 3.40. The van der Waals surface area contributed by atoms with Gasteiger partial charge in [-0.2, -0.15) is 0 Å². The number of aromatic nitrogens is 1. The maximum absolute atomic E-state index is 12.1. The van der Waals surface area contributed by atoms with Crippen molar-refractivity contribution >= 4 is 28.3 Å².